The summed E-state index contributed by atoms with van der Waals surface area (Å²) in [6, 6.07) is 7.46. The second-order valence-electron chi connectivity index (χ2n) is 6.25. The quantitative estimate of drug-likeness (QED) is 0.534. The molecule has 0 bridgehead atoms. The summed E-state index contributed by atoms with van der Waals surface area (Å²) in [6.45, 7) is 2.36. The molecular formula is C23H21ClFeN2O2+2. The third-order valence-corrected chi connectivity index (χ3v) is 4.28. The number of fused-ring (bicyclic) bond motifs is 1. The van der Waals surface area contributed by atoms with Crippen LogP contribution < -0.4 is 5.32 Å². The van der Waals surface area contributed by atoms with Crippen LogP contribution in [0.2, 0.25) is 5.02 Å². The minimum Gasteiger partial charge on any atom is -0.460 e. The zero-order chi connectivity index (χ0) is 19.8. The van der Waals surface area contributed by atoms with E-state index >= 15 is 0 Å². The van der Waals surface area contributed by atoms with Gasteiger partial charge in [0.15, 0.2) is 0 Å². The van der Waals surface area contributed by atoms with Gasteiger partial charge in [-0.2, -0.15) is 0 Å². The van der Waals surface area contributed by atoms with Crippen LogP contribution >= 0.6 is 11.6 Å². The number of ether oxygens (including phenoxy) is 1. The molecule has 29 heavy (non-hydrogen) atoms. The number of carbonyl (C=O) groups is 1. The number of nitrogens with one attached hydrogen (secondary N) is 1. The minimum atomic E-state index is -0.310. The van der Waals surface area contributed by atoms with Crippen molar-refractivity contribution in [3.8, 4) is 0 Å². The van der Waals surface area contributed by atoms with Gasteiger partial charge in [-0.25, -0.2) is 0 Å². The van der Waals surface area contributed by atoms with Gasteiger partial charge in [0, 0.05) is 22.3 Å². The molecule has 2 aliphatic rings. The normalized spacial score (nSPS) is 17.2. The molecule has 10 radical (unpaired) electrons. The Balaban J connectivity index is 0.000000437. The van der Waals surface area contributed by atoms with E-state index in [9.17, 15) is 4.79 Å². The molecule has 0 amide bonds. The summed E-state index contributed by atoms with van der Waals surface area (Å²) in [5.74, 6) is 0.261. The van der Waals surface area contributed by atoms with Gasteiger partial charge in [0.25, 0.3) is 0 Å². The maximum Gasteiger partial charge on any atom is 2.00 e. The summed E-state index contributed by atoms with van der Waals surface area (Å²) in [5, 5.41) is 4.93. The number of hydrogen-bond donors (Lipinski definition) is 1. The average molecular weight is 449 g/mol. The number of aromatic nitrogens is 1. The molecule has 2 aliphatic carbocycles. The molecule has 4 rings (SSSR count). The number of nitrogens with zero attached hydrogens (tertiary/aromatic N) is 1. The van der Waals surface area contributed by atoms with Crippen molar-refractivity contribution >= 4 is 34.2 Å². The number of rotatable bonds is 5. The summed E-state index contributed by atoms with van der Waals surface area (Å²) in [4.78, 5) is 16.2. The van der Waals surface area contributed by atoms with Crippen molar-refractivity contribution in [1.29, 1.82) is 0 Å². The van der Waals surface area contributed by atoms with Crippen LogP contribution in [0.3, 0.4) is 0 Å². The molecule has 0 saturated heterocycles. The number of halogens is 1. The van der Waals surface area contributed by atoms with E-state index < -0.39 is 0 Å². The van der Waals surface area contributed by atoms with E-state index in [0.29, 0.717) is 17.5 Å². The summed E-state index contributed by atoms with van der Waals surface area (Å²) < 4.78 is 5.41. The largest absolute Gasteiger partial charge is 2.00 e. The Bertz CT molecular complexity index is 769. The first-order valence-corrected chi connectivity index (χ1v) is 9.39. The minimum absolute atomic E-state index is 0. The first kappa shape index (κ1) is 24.0. The number of pyridine rings is 1. The van der Waals surface area contributed by atoms with Crippen LogP contribution in [0.1, 0.15) is 6.92 Å². The molecule has 2 fully saturated rings. The van der Waals surface area contributed by atoms with E-state index in [-0.39, 0.29) is 29.1 Å². The van der Waals surface area contributed by atoms with Crippen molar-refractivity contribution in [1.82, 2.24) is 4.98 Å². The van der Waals surface area contributed by atoms with Crippen molar-refractivity contribution < 1.29 is 26.6 Å². The van der Waals surface area contributed by atoms with E-state index in [1.54, 1.807) is 19.0 Å². The Morgan fingerprint density at radius 3 is 2.38 bits per heavy atom. The monoisotopic (exact) mass is 448 g/mol. The van der Waals surface area contributed by atoms with Gasteiger partial charge >= 0.3 is 23.0 Å². The van der Waals surface area contributed by atoms with Crippen molar-refractivity contribution in [3.05, 3.63) is 99.2 Å². The molecule has 1 aromatic heterocycles. The molecule has 1 N–H and O–H groups in total. The van der Waals surface area contributed by atoms with Gasteiger partial charge in [-0.05, 0) is 89.0 Å². The van der Waals surface area contributed by atoms with Crippen LogP contribution in [0.15, 0.2) is 30.5 Å². The first-order chi connectivity index (χ1) is 13.6. The maximum absolute atomic E-state index is 11.9. The Labute approximate surface area is 189 Å². The zero-order valence-electron chi connectivity index (χ0n) is 15.9. The Hall–Kier alpha value is -1.29. The molecule has 2 saturated carbocycles. The predicted molar refractivity (Wildman–Crippen MR) is 113 cm³/mol. The van der Waals surface area contributed by atoms with Crippen molar-refractivity contribution in [2.75, 3.05) is 11.9 Å². The molecular weight excluding hydrogens is 428 g/mol. The third-order valence-electron chi connectivity index (χ3n) is 4.05. The molecule has 6 heteroatoms. The molecule has 1 heterocycles. The fraction of sp³-hybridized carbons (Fsp3) is 0.130. The second-order valence-corrected chi connectivity index (χ2v) is 6.69. The number of benzene rings is 1. The third kappa shape index (κ3) is 7.47. The summed E-state index contributed by atoms with van der Waals surface area (Å²) in [5.41, 5.74) is 1.76. The molecule has 2 aromatic rings. The smallest absolute Gasteiger partial charge is 0.460 e. The number of esters is 1. The number of anilines is 1. The maximum atomic E-state index is 11.9. The van der Waals surface area contributed by atoms with E-state index in [1.807, 2.05) is 76.1 Å². The van der Waals surface area contributed by atoms with Gasteiger partial charge in [0.05, 0.1) is 18.0 Å². The van der Waals surface area contributed by atoms with Crippen LogP contribution in [0.25, 0.3) is 10.9 Å². The molecule has 0 aliphatic heterocycles. The van der Waals surface area contributed by atoms with E-state index in [2.05, 4.69) is 10.3 Å². The van der Waals surface area contributed by atoms with Crippen LogP contribution in [0.4, 0.5) is 5.69 Å². The Morgan fingerprint density at radius 2 is 1.72 bits per heavy atom. The molecule has 148 valence electrons. The second kappa shape index (κ2) is 12.4. The topological polar surface area (TPSA) is 51.2 Å². The van der Waals surface area contributed by atoms with E-state index in [1.165, 1.54) is 0 Å². The molecule has 0 spiro atoms. The van der Waals surface area contributed by atoms with Gasteiger partial charge < -0.3 is 10.1 Å². The van der Waals surface area contributed by atoms with Gasteiger partial charge in [-0.15, -0.1) is 0 Å². The van der Waals surface area contributed by atoms with E-state index in [0.717, 1.165) is 16.6 Å². The number of carbonyl (C=O) groups excluding carboxylic acids is 1. The molecule has 1 unspecified atom stereocenters. The fourth-order valence-corrected chi connectivity index (χ4v) is 2.82. The number of hydrogen-bond acceptors (Lipinski definition) is 4. The molecule has 1 atom stereocenters. The van der Waals surface area contributed by atoms with Crippen molar-refractivity contribution in [2.45, 2.75) is 13.0 Å². The Morgan fingerprint density at radius 1 is 1.07 bits per heavy atom. The summed E-state index contributed by atoms with van der Waals surface area (Å²) in [7, 11) is 0. The first-order valence-electron chi connectivity index (χ1n) is 9.01. The standard InChI is InChI=1S/C18H16ClN2O2.C5H5.Fe/c1-12(23-18(22)13-4-2-3-5-13)11-21-16-8-9-20-17-10-14(19)6-7-15(16)17;1-2-4-5-3-1;/h2-10,12H,11H2,1H3,(H,20,21);1-5H;/q;;+2. The van der Waals surface area contributed by atoms with Crippen LogP contribution in [-0.4, -0.2) is 23.6 Å². The van der Waals surface area contributed by atoms with Crippen LogP contribution in [0, 0.1) is 63.7 Å². The van der Waals surface area contributed by atoms with E-state index in [4.69, 9.17) is 16.3 Å². The van der Waals surface area contributed by atoms with Gasteiger partial charge in [0.2, 0.25) is 0 Å². The van der Waals surface area contributed by atoms with Crippen LogP contribution in [-0.2, 0) is 26.6 Å². The van der Waals surface area contributed by atoms with Gasteiger partial charge in [0.1, 0.15) is 6.10 Å². The molecule has 1 aromatic carbocycles. The van der Waals surface area contributed by atoms with Gasteiger partial charge in [-0.1, -0.05) is 11.6 Å². The van der Waals surface area contributed by atoms with Gasteiger partial charge in [-0.3, -0.25) is 9.78 Å². The average Bonchev–Trinajstić information content (AvgIpc) is 3.42. The van der Waals surface area contributed by atoms with Crippen LogP contribution in [0.5, 0.6) is 0 Å². The zero-order valence-corrected chi connectivity index (χ0v) is 17.7. The van der Waals surface area contributed by atoms with Crippen molar-refractivity contribution in [2.24, 2.45) is 0 Å². The predicted octanol–water partition coefficient (Wildman–Crippen LogP) is 4.66. The molecule has 4 nitrogen and oxygen atoms in total. The Kier molecular flexibility index (Phi) is 10.3. The fourth-order valence-electron chi connectivity index (χ4n) is 2.65. The SMILES string of the molecule is CC(CNc1ccnc2cc(Cl)ccc12)OC(=O)[C]1[CH][CH][CH][CH]1.[CH]1[CH][CH][CH][CH]1.[Fe+2]. The van der Waals surface area contributed by atoms with Crippen molar-refractivity contribution in [3.63, 3.8) is 0 Å². The summed E-state index contributed by atoms with van der Waals surface area (Å²) in [6.07, 6.45) is 18.6. The summed E-state index contributed by atoms with van der Waals surface area (Å²) >= 11 is 5.99.